The van der Waals surface area contributed by atoms with E-state index in [-0.39, 0.29) is 0 Å². The van der Waals surface area contributed by atoms with E-state index in [0.29, 0.717) is 6.73 Å². The van der Waals surface area contributed by atoms with Crippen LogP contribution in [0.15, 0.2) is 52.8 Å². The quantitative estimate of drug-likeness (QED) is 0.227. The Morgan fingerprint density at radius 1 is 1.17 bits per heavy atom. The predicted molar refractivity (Wildman–Crippen MR) is 126 cm³/mol. The Hall–Kier alpha value is -1.87. The molecule has 0 bridgehead atoms. The van der Waals surface area contributed by atoms with Gasteiger partial charge in [-0.1, -0.05) is 19.6 Å². The number of thiophene rings is 1. The number of fused-ring (bicyclic) bond motifs is 1. The van der Waals surface area contributed by atoms with E-state index in [1.165, 1.54) is 0 Å². The molecule has 4 rings (SSSR count). The monoisotopic (exact) mass is 486 g/mol. The number of aromatic nitrogens is 4. The van der Waals surface area contributed by atoms with Gasteiger partial charge in [0.15, 0.2) is 0 Å². The van der Waals surface area contributed by atoms with Crippen molar-refractivity contribution in [2.75, 3.05) is 6.61 Å². The van der Waals surface area contributed by atoms with Crippen LogP contribution >= 0.6 is 27.3 Å². The first-order valence-corrected chi connectivity index (χ1v) is 14.9. The fraction of sp³-hybridized carbons (Fsp3) is 0.286. The molecule has 0 saturated carbocycles. The van der Waals surface area contributed by atoms with Gasteiger partial charge in [-0.25, -0.2) is 9.97 Å². The molecule has 4 heterocycles. The lowest BCUT2D eigenvalue weighted by Crippen LogP contribution is -2.22. The minimum Gasteiger partial charge on any atom is -0.361 e. The second-order valence-corrected chi connectivity index (χ2v) is 15.6. The van der Waals surface area contributed by atoms with Crippen molar-refractivity contribution in [3.8, 4) is 21.8 Å². The Balaban J connectivity index is 1.60. The van der Waals surface area contributed by atoms with Crippen LogP contribution in [-0.2, 0) is 11.5 Å². The summed E-state index contributed by atoms with van der Waals surface area (Å²) in [6, 6.07) is 7.30. The number of nitrogens with zero attached hydrogens (tertiary/aromatic N) is 4. The van der Waals surface area contributed by atoms with E-state index in [4.69, 9.17) is 9.72 Å². The molecule has 0 fully saturated rings. The Morgan fingerprint density at radius 3 is 2.76 bits per heavy atom. The van der Waals surface area contributed by atoms with Gasteiger partial charge in [-0.2, -0.15) is 0 Å². The number of ether oxygens (including phenoxy) is 1. The molecule has 4 aromatic heterocycles. The number of hydrogen-bond donors (Lipinski definition) is 0. The first-order valence-electron chi connectivity index (χ1n) is 9.49. The SMILES string of the molecule is C[Si](C)(C)CCOCn1ccc2c(-c3cncc(-c4cc(Br)cs4)n3)ccnc21. The highest BCUT2D eigenvalue weighted by Crippen LogP contribution is 2.31. The van der Waals surface area contributed by atoms with Crippen LogP contribution in [0.1, 0.15) is 0 Å². The lowest BCUT2D eigenvalue weighted by Gasteiger charge is -2.15. The predicted octanol–water partition coefficient (Wildman–Crippen LogP) is 6.30. The summed E-state index contributed by atoms with van der Waals surface area (Å²) in [4.78, 5) is 14.9. The van der Waals surface area contributed by atoms with Crippen LogP contribution in [0.3, 0.4) is 0 Å². The Morgan fingerprint density at radius 2 is 2.00 bits per heavy atom. The molecule has 8 heteroatoms. The highest BCUT2D eigenvalue weighted by Gasteiger charge is 2.14. The molecular formula is C21H23BrN4OSSi. The Labute approximate surface area is 183 Å². The summed E-state index contributed by atoms with van der Waals surface area (Å²) in [5.41, 5.74) is 3.65. The van der Waals surface area contributed by atoms with E-state index in [9.17, 15) is 0 Å². The lowest BCUT2D eigenvalue weighted by atomic mass is 10.1. The van der Waals surface area contributed by atoms with E-state index in [1.807, 2.05) is 24.7 Å². The molecule has 0 N–H and O–H groups in total. The zero-order chi connectivity index (χ0) is 20.4. The van der Waals surface area contributed by atoms with Crippen molar-refractivity contribution in [2.45, 2.75) is 32.4 Å². The van der Waals surface area contributed by atoms with Crippen molar-refractivity contribution in [2.24, 2.45) is 0 Å². The molecule has 0 unspecified atom stereocenters. The normalized spacial score (nSPS) is 12.0. The van der Waals surface area contributed by atoms with E-state index < -0.39 is 8.07 Å². The highest BCUT2D eigenvalue weighted by atomic mass is 79.9. The summed E-state index contributed by atoms with van der Waals surface area (Å²) in [6.07, 6.45) is 7.47. The third-order valence-corrected chi connectivity index (χ3v) is 8.04. The summed E-state index contributed by atoms with van der Waals surface area (Å²) in [6.45, 7) is 8.39. The van der Waals surface area contributed by atoms with Crippen LogP contribution in [0, 0.1) is 0 Å². The first-order chi connectivity index (χ1) is 13.9. The van der Waals surface area contributed by atoms with Crippen molar-refractivity contribution in [1.82, 2.24) is 19.5 Å². The molecule has 0 aliphatic heterocycles. The average molecular weight is 487 g/mol. The number of hydrogen-bond acceptors (Lipinski definition) is 5. The van der Waals surface area contributed by atoms with Gasteiger partial charge in [0.25, 0.3) is 0 Å². The number of pyridine rings is 1. The van der Waals surface area contributed by atoms with Crippen molar-refractivity contribution in [3.63, 3.8) is 0 Å². The molecule has 29 heavy (non-hydrogen) atoms. The molecule has 0 saturated heterocycles. The van der Waals surface area contributed by atoms with Crippen LogP contribution in [0.4, 0.5) is 0 Å². The molecule has 4 aromatic rings. The van der Waals surface area contributed by atoms with Crippen LogP contribution in [0.25, 0.3) is 32.9 Å². The molecule has 5 nitrogen and oxygen atoms in total. The van der Waals surface area contributed by atoms with Gasteiger partial charge in [0, 0.05) is 47.9 Å². The van der Waals surface area contributed by atoms with Gasteiger partial charge in [-0.05, 0) is 40.2 Å². The maximum Gasteiger partial charge on any atom is 0.142 e. The summed E-state index contributed by atoms with van der Waals surface area (Å²) in [5, 5.41) is 3.11. The van der Waals surface area contributed by atoms with Crippen molar-refractivity contribution < 1.29 is 4.74 Å². The summed E-state index contributed by atoms with van der Waals surface area (Å²) in [7, 11) is -1.09. The van der Waals surface area contributed by atoms with Crippen LogP contribution in [-0.4, -0.2) is 34.2 Å². The highest BCUT2D eigenvalue weighted by molar-refractivity contribution is 9.10. The standard InChI is InChI=1S/C21H23BrN4OSSi/c1-29(2,3)9-8-27-14-26-7-5-17-16(4-6-24-21(17)26)18-11-23-12-19(25-18)20-10-15(22)13-28-20/h4-7,10-13H,8-9,14H2,1-3H3. The molecule has 0 spiro atoms. The molecule has 0 amide bonds. The van der Waals surface area contributed by atoms with Crippen molar-refractivity contribution in [1.29, 1.82) is 0 Å². The molecule has 0 aliphatic rings. The minimum absolute atomic E-state index is 0.513. The van der Waals surface area contributed by atoms with Gasteiger partial charge in [-0.15, -0.1) is 11.3 Å². The second kappa shape index (κ2) is 8.47. The van der Waals surface area contributed by atoms with E-state index in [2.05, 4.69) is 67.6 Å². The average Bonchev–Trinajstić information content (AvgIpc) is 3.31. The van der Waals surface area contributed by atoms with Gasteiger partial charge >= 0.3 is 0 Å². The molecular weight excluding hydrogens is 464 g/mol. The second-order valence-electron chi connectivity index (χ2n) is 8.15. The zero-order valence-corrected chi connectivity index (χ0v) is 20.1. The van der Waals surface area contributed by atoms with Gasteiger partial charge in [0.05, 0.1) is 28.7 Å². The maximum absolute atomic E-state index is 5.91. The molecule has 0 radical (unpaired) electrons. The van der Waals surface area contributed by atoms with Crippen LogP contribution in [0.2, 0.25) is 25.7 Å². The summed E-state index contributed by atoms with van der Waals surface area (Å²) in [5.74, 6) is 0. The minimum atomic E-state index is -1.09. The van der Waals surface area contributed by atoms with Crippen LogP contribution < -0.4 is 0 Å². The smallest absolute Gasteiger partial charge is 0.142 e. The lowest BCUT2D eigenvalue weighted by molar-refractivity contribution is 0.0899. The van der Waals surface area contributed by atoms with Gasteiger partial charge in [0.2, 0.25) is 0 Å². The number of halogens is 1. The van der Waals surface area contributed by atoms with E-state index in [0.717, 1.165) is 50.0 Å². The van der Waals surface area contributed by atoms with E-state index >= 15 is 0 Å². The van der Waals surface area contributed by atoms with Crippen molar-refractivity contribution in [3.05, 3.63) is 52.8 Å². The first kappa shape index (κ1) is 20.4. The van der Waals surface area contributed by atoms with Crippen molar-refractivity contribution >= 4 is 46.4 Å². The fourth-order valence-corrected chi connectivity index (χ4v) is 5.16. The van der Waals surface area contributed by atoms with Gasteiger partial charge in [-0.3, -0.25) is 4.98 Å². The summed E-state index contributed by atoms with van der Waals surface area (Å²) < 4.78 is 9.02. The number of rotatable bonds is 7. The molecule has 0 aliphatic carbocycles. The topological polar surface area (TPSA) is 52.8 Å². The Bertz CT molecular complexity index is 1140. The third kappa shape index (κ3) is 4.83. The molecule has 0 atom stereocenters. The summed E-state index contributed by atoms with van der Waals surface area (Å²) >= 11 is 5.15. The van der Waals surface area contributed by atoms with E-state index in [1.54, 1.807) is 17.5 Å². The van der Waals surface area contributed by atoms with Gasteiger partial charge < -0.3 is 9.30 Å². The Kier molecular flexibility index (Phi) is 5.96. The maximum atomic E-state index is 5.91. The van der Waals surface area contributed by atoms with Gasteiger partial charge in [0.1, 0.15) is 12.4 Å². The largest absolute Gasteiger partial charge is 0.361 e. The molecule has 0 aromatic carbocycles. The molecule has 150 valence electrons. The zero-order valence-electron chi connectivity index (χ0n) is 16.7. The fourth-order valence-electron chi connectivity index (χ4n) is 3.02. The van der Waals surface area contributed by atoms with Crippen LogP contribution in [0.5, 0.6) is 0 Å². The third-order valence-electron chi connectivity index (χ3n) is 4.62.